The minimum absolute atomic E-state index is 0.128. The molecule has 9 heteroatoms. The van der Waals surface area contributed by atoms with Crippen LogP contribution < -0.4 is 0 Å². The van der Waals surface area contributed by atoms with Gasteiger partial charge >= 0.3 is 6.18 Å². The van der Waals surface area contributed by atoms with Gasteiger partial charge in [0.15, 0.2) is 5.69 Å². The van der Waals surface area contributed by atoms with Crippen molar-refractivity contribution in [3.63, 3.8) is 0 Å². The molecule has 152 valence electrons. The lowest BCUT2D eigenvalue weighted by Crippen LogP contribution is -2.38. The zero-order chi connectivity index (χ0) is 20.8. The number of halogens is 3. The first-order chi connectivity index (χ1) is 13.7. The van der Waals surface area contributed by atoms with Crippen LogP contribution in [0.4, 0.5) is 13.2 Å². The van der Waals surface area contributed by atoms with E-state index in [4.69, 9.17) is 0 Å². The number of rotatable bonds is 2. The molecule has 1 aliphatic heterocycles. The summed E-state index contributed by atoms with van der Waals surface area (Å²) in [6.45, 7) is 5.09. The Bertz CT molecular complexity index is 1050. The van der Waals surface area contributed by atoms with Crippen molar-refractivity contribution < 1.29 is 18.0 Å². The largest absolute Gasteiger partial charge is 0.433 e. The second-order valence-corrected chi connectivity index (χ2v) is 7.51. The van der Waals surface area contributed by atoms with Crippen LogP contribution in [0, 0.1) is 12.8 Å². The lowest BCUT2D eigenvalue weighted by atomic mass is 9.99. The number of aromatic nitrogens is 4. The second kappa shape index (κ2) is 7.13. The molecule has 1 aromatic carbocycles. The van der Waals surface area contributed by atoms with E-state index in [-0.39, 0.29) is 17.3 Å². The molecule has 29 heavy (non-hydrogen) atoms. The number of piperidine rings is 1. The number of alkyl halides is 3. The number of likely N-dealkylation sites (tertiary alicyclic amines) is 1. The van der Waals surface area contributed by atoms with Gasteiger partial charge in [-0.1, -0.05) is 36.8 Å². The van der Waals surface area contributed by atoms with Crippen molar-refractivity contribution >= 4 is 11.7 Å². The van der Waals surface area contributed by atoms with Crippen molar-refractivity contribution in [1.82, 2.24) is 24.5 Å². The van der Waals surface area contributed by atoms with E-state index in [1.807, 2.05) is 6.92 Å². The molecule has 0 spiro atoms. The Labute approximate surface area is 165 Å². The monoisotopic (exact) mass is 403 g/mol. The Morgan fingerprint density at radius 1 is 1.10 bits per heavy atom. The molecule has 1 amide bonds. The Balaban J connectivity index is 1.78. The Morgan fingerprint density at radius 3 is 2.38 bits per heavy atom. The van der Waals surface area contributed by atoms with Crippen molar-refractivity contribution in [3.05, 3.63) is 47.4 Å². The molecule has 1 fully saturated rings. The number of hydrogen-bond acceptors (Lipinski definition) is 4. The molecular formula is C20H20F3N5O. The molecule has 0 atom stereocenters. The first kappa shape index (κ1) is 19.4. The first-order valence-corrected chi connectivity index (χ1v) is 9.43. The molecule has 0 unspecified atom stereocenters. The van der Waals surface area contributed by atoms with Crippen LogP contribution in [-0.2, 0) is 6.18 Å². The first-order valence-electron chi connectivity index (χ1n) is 9.43. The van der Waals surface area contributed by atoms with E-state index in [0.29, 0.717) is 29.1 Å². The maximum absolute atomic E-state index is 13.7. The summed E-state index contributed by atoms with van der Waals surface area (Å²) in [7, 11) is 0. The summed E-state index contributed by atoms with van der Waals surface area (Å²) in [6.07, 6.45) is -2.97. The predicted octanol–water partition coefficient (Wildman–Crippen LogP) is 3.99. The molecule has 3 heterocycles. The highest BCUT2D eigenvalue weighted by Crippen LogP contribution is 2.32. The van der Waals surface area contributed by atoms with E-state index in [2.05, 4.69) is 22.0 Å². The molecule has 3 aromatic rings. The smallest absolute Gasteiger partial charge is 0.336 e. The predicted molar refractivity (Wildman–Crippen MR) is 100 cm³/mol. The van der Waals surface area contributed by atoms with Gasteiger partial charge in [0.1, 0.15) is 0 Å². The van der Waals surface area contributed by atoms with Crippen LogP contribution in [0.1, 0.15) is 41.6 Å². The topological polar surface area (TPSA) is 63.4 Å². The fourth-order valence-corrected chi connectivity index (χ4v) is 3.39. The van der Waals surface area contributed by atoms with Gasteiger partial charge < -0.3 is 4.90 Å². The third-order valence-corrected chi connectivity index (χ3v) is 5.21. The molecule has 6 nitrogen and oxygen atoms in total. The molecule has 0 bridgehead atoms. The van der Waals surface area contributed by atoms with Gasteiger partial charge in [0.25, 0.3) is 11.7 Å². The molecule has 2 aromatic heterocycles. The van der Waals surface area contributed by atoms with E-state index in [9.17, 15) is 18.0 Å². The van der Waals surface area contributed by atoms with Crippen LogP contribution in [-0.4, -0.2) is 43.5 Å². The fraction of sp³-hybridized carbons (Fsp3) is 0.400. The van der Waals surface area contributed by atoms with E-state index in [1.54, 1.807) is 29.2 Å². The van der Waals surface area contributed by atoms with E-state index in [0.717, 1.165) is 24.5 Å². The zero-order valence-electron chi connectivity index (χ0n) is 16.1. The third kappa shape index (κ3) is 3.81. The highest BCUT2D eigenvalue weighted by atomic mass is 19.4. The van der Waals surface area contributed by atoms with Crippen LogP contribution in [0.2, 0.25) is 0 Å². The van der Waals surface area contributed by atoms with Gasteiger partial charge in [0.2, 0.25) is 5.82 Å². The number of fused-ring (bicyclic) bond motifs is 1. The summed E-state index contributed by atoms with van der Waals surface area (Å²) in [5, 5.41) is 3.85. The fourth-order valence-electron chi connectivity index (χ4n) is 3.39. The van der Waals surface area contributed by atoms with Gasteiger partial charge in [-0.25, -0.2) is 4.98 Å². The van der Waals surface area contributed by atoms with Gasteiger partial charge in [0.05, 0.1) is 5.69 Å². The van der Waals surface area contributed by atoms with Crippen LogP contribution >= 0.6 is 0 Å². The quantitative estimate of drug-likeness (QED) is 0.649. The van der Waals surface area contributed by atoms with Crippen molar-refractivity contribution in [2.75, 3.05) is 13.1 Å². The molecule has 1 aliphatic rings. The average Bonchev–Trinajstić information content (AvgIpc) is 3.11. The van der Waals surface area contributed by atoms with Gasteiger partial charge in [-0.3, -0.25) is 4.79 Å². The summed E-state index contributed by atoms with van der Waals surface area (Å²) >= 11 is 0. The Hall–Kier alpha value is -2.97. The number of carbonyl (C=O) groups excluding carboxylic acids is 1. The molecular weight excluding hydrogens is 383 g/mol. The number of hydrogen-bond donors (Lipinski definition) is 0. The van der Waals surface area contributed by atoms with Gasteiger partial charge in [-0.05, 0) is 31.7 Å². The number of nitrogens with zero attached hydrogens (tertiary/aromatic N) is 5. The van der Waals surface area contributed by atoms with Crippen LogP contribution in [0.5, 0.6) is 0 Å². The molecule has 0 radical (unpaired) electrons. The summed E-state index contributed by atoms with van der Waals surface area (Å²) in [4.78, 5) is 22.6. The van der Waals surface area contributed by atoms with Crippen molar-refractivity contribution in [2.45, 2.75) is 32.9 Å². The molecule has 0 N–H and O–H groups in total. The molecule has 1 saturated heterocycles. The molecule has 4 rings (SSSR count). The second-order valence-electron chi connectivity index (χ2n) is 7.51. The summed E-state index contributed by atoms with van der Waals surface area (Å²) < 4.78 is 41.6. The SMILES string of the molecule is Cc1ccc(-c2cc(C(F)(F)F)n3nc(C(=O)N4CCC(C)CC4)nc3n2)cc1. The standard InChI is InChI=1S/C20H20F3N5O/c1-12-3-5-14(6-4-12)15-11-16(20(21,22)23)28-19(24-15)25-17(26-28)18(29)27-9-7-13(2)8-10-27/h3-6,11,13H,7-10H2,1-2H3. The van der Waals surface area contributed by atoms with Crippen molar-refractivity contribution in [1.29, 1.82) is 0 Å². The summed E-state index contributed by atoms with van der Waals surface area (Å²) in [5.74, 6) is -0.459. The van der Waals surface area contributed by atoms with E-state index < -0.39 is 17.8 Å². The highest BCUT2D eigenvalue weighted by Gasteiger charge is 2.36. The average molecular weight is 403 g/mol. The van der Waals surface area contributed by atoms with E-state index in [1.165, 1.54) is 0 Å². The minimum atomic E-state index is -4.67. The van der Waals surface area contributed by atoms with Crippen molar-refractivity contribution in [3.8, 4) is 11.3 Å². The highest BCUT2D eigenvalue weighted by molar-refractivity contribution is 5.91. The van der Waals surface area contributed by atoms with Crippen LogP contribution in [0.3, 0.4) is 0 Å². The number of amides is 1. The minimum Gasteiger partial charge on any atom is -0.336 e. The van der Waals surface area contributed by atoms with Gasteiger partial charge in [-0.2, -0.15) is 22.7 Å². The normalized spacial score (nSPS) is 15.8. The Kier molecular flexibility index (Phi) is 4.76. The Morgan fingerprint density at radius 2 is 1.76 bits per heavy atom. The van der Waals surface area contributed by atoms with Crippen molar-refractivity contribution in [2.24, 2.45) is 5.92 Å². The zero-order valence-corrected chi connectivity index (χ0v) is 16.1. The summed E-state index contributed by atoms with van der Waals surface area (Å²) in [6, 6.07) is 7.93. The van der Waals surface area contributed by atoms with Gasteiger partial charge in [0, 0.05) is 18.7 Å². The van der Waals surface area contributed by atoms with E-state index >= 15 is 0 Å². The number of carbonyl (C=O) groups is 1. The summed E-state index contributed by atoms with van der Waals surface area (Å²) in [5.41, 5.74) is 0.626. The van der Waals surface area contributed by atoms with Crippen LogP contribution in [0.15, 0.2) is 30.3 Å². The molecule has 0 aliphatic carbocycles. The number of aryl methyl sites for hydroxylation is 1. The maximum atomic E-state index is 13.7. The maximum Gasteiger partial charge on any atom is 0.433 e. The lowest BCUT2D eigenvalue weighted by molar-refractivity contribution is -0.142. The lowest BCUT2D eigenvalue weighted by Gasteiger charge is -2.29. The van der Waals surface area contributed by atoms with Gasteiger partial charge in [-0.15, -0.1) is 5.10 Å². The van der Waals surface area contributed by atoms with Crippen LogP contribution in [0.25, 0.3) is 17.0 Å². The third-order valence-electron chi connectivity index (χ3n) is 5.21. The molecule has 0 saturated carbocycles. The number of benzene rings is 1.